The maximum atomic E-state index is 13.3. The van der Waals surface area contributed by atoms with Crippen molar-refractivity contribution in [3.63, 3.8) is 0 Å². The van der Waals surface area contributed by atoms with E-state index in [1.165, 1.54) is 24.8 Å². The third-order valence-corrected chi connectivity index (χ3v) is 8.81. The third-order valence-electron chi connectivity index (χ3n) is 8.81. The molecule has 2 heterocycles. The summed E-state index contributed by atoms with van der Waals surface area (Å²) in [5, 5.41) is 0. The highest BCUT2D eigenvalue weighted by atomic mass is 16.5. The Bertz CT molecular complexity index is 1360. The first-order valence-electron chi connectivity index (χ1n) is 15.1. The minimum absolute atomic E-state index is 0.0274. The minimum Gasteiger partial charge on any atom is -0.496 e. The monoisotopic (exact) mass is 571 g/mol. The van der Waals surface area contributed by atoms with Gasteiger partial charge in [0.1, 0.15) is 17.2 Å². The van der Waals surface area contributed by atoms with Crippen molar-refractivity contribution < 1.29 is 19.0 Å². The molecule has 5 rings (SSSR count). The van der Waals surface area contributed by atoms with Crippen LogP contribution in [0.2, 0.25) is 0 Å². The van der Waals surface area contributed by atoms with Crippen molar-refractivity contribution in [3.8, 4) is 17.2 Å². The molecule has 3 aromatic carbocycles. The van der Waals surface area contributed by atoms with E-state index in [0.717, 1.165) is 54.1 Å². The molecule has 0 N–H and O–H groups in total. The highest BCUT2D eigenvalue weighted by Gasteiger charge is 2.37. The van der Waals surface area contributed by atoms with E-state index in [9.17, 15) is 4.79 Å². The maximum Gasteiger partial charge on any atom is 0.312 e. The zero-order valence-electron chi connectivity index (χ0n) is 26.0. The Morgan fingerprint density at radius 1 is 0.857 bits per heavy atom. The van der Waals surface area contributed by atoms with Gasteiger partial charge in [0.15, 0.2) is 0 Å². The molecule has 1 saturated heterocycles. The molecule has 2 aliphatic rings. The van der Waals surface area contributed by atoms with E-state index in [1.54, 1.807) is 14.2 Å². The van der Waals surface area contributed by atoms with Crippen molar-refractivity contribution in [1.29, 1.82) is 0 Å². The second kappa shape index (κ2) is 13.1. The average molecular weight is 572 g/mol. The van der Waals surface area contributed by atoms with E-state index in [0.29, 0.717) is 17.2 Å². The van der Waals surface area contributed by atoms with E-state index in [4.69, 9.17) is 14.2 Å². The smallest absolute Gasteiger partial charge is 0.312 e. The number of rotatable bonds is 10. The third kappa shape index (κ3) is 6.21. The quantitative estimate of drug-likeness (QED) is 0.210. The van der Waals surface area contributed by atoms with Gasteiger partial charge >= 0.3 is 5.97 Å². The molecule has 2 atom stereocenters. The van der Waals surface area contributed by atoms with Crippen molar-refractivity contribution in [2.24, 2.45) is 0 Å². The van der Waals surface area contributed by atoms with Gasteiger partial charge in [-0.3, -0.25) is 4.79 Å². The molecule has 0 radical (unpaired) electrons. The molecule has 0 amide bonds. The fourth-order valence-electron chi connectivity index (χ4n) is 6.44. The molecule has 0 saturated carbocycles. The lowest BCUT2D eigenvalue weighted by Crippen LogP contribution is -2.31. The van der Waals surface area contributed by atoms with Crippen LogP contribution in [0.3, 0.4) is 0 Å². The van der Waals surface area contributed by atoms with Gasteiger partial charge in [-0.2, -0.15) is 0 Å². The molecule has 7 nitrogen and oxygen atoms in total. The zero-order chi connectivity index (χ0) is 29.8. The summed E-state index contributed by atoms with van der Waals surface area (Å²) in [5.41, 5.74) is 6.33. The molecule has 7 heteroatoms. The molecular weight excluding hydrogens is 526 g/mol. The lowest BCUT2D eigenvalue weighted by Gasteiger charge is -2.33. The first-order valence-corrected chi connectivity index (χ1v) is 15.1. The lowest BCUT2D eigenvalue weighted by atomic mass is 9.80. The Hall–Kier alpha value is -3.71. The van der Waals surface area contributed by atoms with Crippen molar-refractivity contribution >= 4 is 17.3 Å². The number of likely N-dealkylation sites (tertiary alicyclic amines) is 1. The number of anilines is 2. The van der Waals surface area contributed by atoms with Crippen LogP contribution in [0.5, 0.6) is 17.2 Å². The summed E-state index contributed by atoms with van der Waals surface area (Å²) in [7, 11) is 11.5. The molecule has 3 aromatic rings. The van der Waals surface area contributed by atoms with E-state index in [-0.39, 0.29) is 24.2 Å². The highest BCUT2D eigenvalue weighted by molar-refractivity contribution is 5.81. The fourth-order valence-corrected chi connectivity index (χ4v) is 6.44. The van der Waals surface area contributed by atoms with E-state index in [1.807, 2.05) is 20.2 Å². The number of hydrogen-bond acceptors (Lipinski definition) is 7. The van der Waals surface area contributed by atoms with Crippen LogP contribution in [0, 0.1) is 0 Å². The number of fused-ring (bicyclic) bond motifs is 1. The number of ether oxygens (including phenoxy) is 3. The summed E-state index contributed by atoms with van der Waals surface area (Å²) in [6.07, 6.45) is 4.94. The Kier molecular flexibility index (Phi) is 9.27. The van der Waals surface area contributed by atoms with Crippen LogP contribution in [0.25, 0.3) is 0 Å². The molecule has 0 aromatic heterocycles. The Morgan fingerprint density at radius 3 is 2.02 bits per heavy atom. The fraction of sp³-hybridized carbons (Fsp3) is 0.457. The predicted octanol–water partition coefficient (Wildman–Crippen LogP) is 6.28. The Labute approximate surface area is 251 Å². The van der Waals surface area contributed by atoms with Crippen LogP contribution in [-0.4, -0.2) is 72.9 Å². The van der Waals surface area contributed by atoms with Gasteiger partial charge in [0.2, 0.25) is 0 Å². The number of hydrogen-bond donors (Lipinski definition) is 0. The van der Waals surface area contributed by atoms with Crippen LogP contribution < -0.4 is 24.0 Å². The summed E-state index contributed by atoms with van der Waals surface area (Å²) in [4.78, 5) is 20.0. The number of carbonyl (C=O) groups excluding carboxylic acids is 1. The van der Waals surface area contributed by atoms with Gasteiger partial charge in [0, 0.05) is 68.6 Å². The number of esters is 1. The Balaban J connectivity index is 1.65. The molecular formula is C35H45N3O4. The van der Waals surface area contributed by atoms with Gasteiger partial charge in [-0.25, -0.2) is 0 Å². The minimum atomic E-state index is -0.238. The number of benzene rings is 3. The normalized spacial score (nSPS) is 17.7. The molecule has 42 heavy (non-hydrogen) atoms. The molecule has 2 unspecified atom stereocenters. The second-order valence-corrected chi connectivity index (χ2v) is 11.9. The standard InChI is InChI=1S/C35H45N3O4/c1-36(2)26-14-10-24(11-15-26)28(18-21-38-19-8-7-9-20-38)33-30(40-5)23-31(41-6)34-29(22-32(39)42-35(33)34)25-12-16-27(17-13-25)37(3)4/h10-17,23,28-29H,7-9,18-22H2,1-6H3. The van der Waals surface area contributed by atoms with E-state index in [2.05, 4.69) is 77.3 Å². The predicted molar refractivity (Wildman–Crippen MR) is 170 cm³/mol. The maximum absolute atomic E-state index is 13.3. The van der Waals surface area contributed by atoms with Crippen molar-refractivity contribution in [2.45, 2.75) is 43.9 Å². The van der Waals surface area contributed by atoms with Crippen LogP contribution >= 0.6 is 0 Å². The van der Waals surface area contributed by atoms with Crippen molar-refractivity contribution in [1.82, 2.24) is 4.90 Å². The molecule has 0 bridgehead atoms. The number of carbonyl (C=O) groups is 1. The van der Waals surface area contributed by atoms with Gasteiger partial charge in [-0.05, 0) is 74.3 Å². The van der Waals surface area contributed by atoms with Gasteiger partial charge in [-0.1, -0.05) is 30.7 Å². The largest absolute Gasteiger partial charge is 0.496 e. The molecule has 0 aliphatic carbocycles. The van der Waals surface area contributed by atoms with Crippen LogP contribution in [0.15, 0.2) is 54.6 Å². The van der Waals surface area contributed by atoms with E-state index >= 15 is 0 Å². The number of piperidine rings is 1. The van der Waals surface area contributed by atoms with E-state index < -0.39 is 0 Å². The second-order valence-electron chi connectivity index (χ2n) is 11.9. The zero-order valence-corrected chi connectivity index (χ0v) is 26.0. The SMILES string of the molecule is COc1cc(OC)c2c(c1C(CCN1CCCCC1)c1ccc(N(C)C)cc1)OC(=O)CC2c1ccc(N(C)C)cc1. The summed E-state index contributed by atoms with van der Waals surface area (Å²) in [6.45, 7) is 3.22. The molecule has 224 valence electrons. The Morgan fingerprint density at radius 2 is 1.45 bits per heavy atom. The van der Waals surface area contributed by atoms with Gasteiger partial charge in [0.25, 0.3) is 0 Å². The lowest BCUT2D eigenvalue weighted by molar-refractivity contribution is -0.135. The number of methoxy groups -OCH3 is 2. The summed E-state index contributed by atoms with van der Waals surface area (Å²) in [5.74, 6) is 1.50. The van der Waals surface area contributed by atoms with Gasteiger partial charge in [-0.15, -0.1) is 0 Å². The summed E-state index contributed by atoms with van der Waals surface area (Å²) < 4.78 is 18.2. The van der Waals surface area contributed by atoms with Crippen LogP contribution in [0.4, 0.5) is 11.4 Å². The topological polar surface area (TPSA) is 54.5 Å². The van der Waals surface area contributed by atoms with Crippen LogP contribution in [0.1, 0.15) is 66.2 Å². The summed E-state index contributed by atoms with van der Waals surface area (Å²) >= 11 is 0. The van der Waals surface area contributed by atoms with Gasteiger partial charge in [0.05, 0.1) is 20.6 Å². The first-order chi connectivity index (χ1) is 20.3. The van der Waals surface area contributed by atoms with Crippen molar-refractivity contribution in [3.05, 3.63) is 76.9 Å². The average Bonchev–Trinajstić information content (AvgIpc) is 3.01. The first kappa shape index (κ1) is 29.8. The van der Waals surface area contributed by atoms with Crippen molar-refractivity contribution in [2.75, 3.05) is 71.8 Å². The molecule has 0 spiro atoms. The molecule has 2 aliphatic heterocycles. The number of nitrogens with zero attached hydrogens (tertiary/aromatic N) is 3. The van der Waals surface area contributed by atoms with Gasteiger partial charge < -0.3 is 28.9 Å². The molecule has 1 fully saturated rings. The highest BCUT2D eigenvalue weighted by Crippen LogP contribution is 2.53. The summed E-state index contributed by atoms with van der Waals surface area (Å²) in [6, 6.07) is 19.1. The van der Waals surface area contributed by atoms with Crippen LogP contribution in [-0.2, 0) is 4.79 Å².